The molecular formula is C33H38ClN3O5. The summed E-state index contributed by atoms with van der Waals surface area (Å²) in [6.07, 6.45) is 3.27. The van der Waals surface area contributed by atoms with Crippen LogP contribution in [-0.2, 0) is 27.3 Å². The molecular weight excluding hydrogens is 554 g/mol. The average molecular weight is 592 g/mol. The molecule has 3 aromatic carbocycles. The van der Waals surface area contributed by atoms with Crippen LogP contribution in [0.25, 0.3) is 10.9 Å². The number of halogens is 1. The van der Waals surface area contributed by atoms with E-state index >= 15 is 0 Å². The van der Waals surface area contributed by atoms with Crippen LogP contribution in [-0.4, -0.2) is 73.2 Å². The second kappa shape index (κ2) is 15.8. The van der Waals surface area contributed by atoms with Gasteiger partial charge in [0, 0.05) is 55.5 Å². The molecule has 1 N–H and O–H groups in total. The lowest BCUT2D eigenvalue weighted by molar-refractivity contribution is -0.142. The van der Waals surface area contributed by atoms with Crippen LogP contribution in [0, 0.1) is 0 Å². The molecule has 0 atom stereocenters. The van der Waals surface area contributed by atoms with Crippen LogP contribution in [0.5, 0.6) is 11.5 Å². The summed E-state index contributed by atoms with van der Waals surface area (Å²) in [4.78, 5) is 33.7. The number of nitrogens with zero attached hydrogens (tertiary/aromatic N) is 2. The molecule has 0 aliphatic carbocycles. The number of methoxy groups -OCH3 is 1. The second-order valence-electron chi connectivity index (χ2n) is 9.91. The largest absolute Gasteiger partial charge is 0.494 e. The van der Waals surface area contributed by atoms with Gasteiger partial charge in [-0.05, 0) is 73.4 Å². The van der Waals surface area contributed by atoms with Crippen LogP contribution in [0.2, 0.25) is 5.02 Å². The van der Waals surface area contributed by atoms with E-state index in [1.165, 1.54) is 0 Å². The van der Waals surface area contributed by atoms with Gasteiger partial charge in [-0.25, -0.2) is 0 Å². The minimum atomic E-state index is -0.271. The van der Waals surface area contributed by atoms with Gasteiger partial charge in [0.05, 0.1) is 13.2 Å². The third kappa shape index (κ3) is 8.99. The highest BCUT2D eigenvalue weighted by molar-refractivity contribution is 6.30. The van der Waals surface area contributed by atoms with E-state index in [4.69, 9.17) is 25.8 Å². The fourth-order valence-corrected chi connectivity index (χ4v) is 4.81. The van der Waals surface area contributed by atoms with Gasteiger partial charge in [-0.15, -0.1) is 0 Å². The summed E-state index contributed by atoms with van der Waals surface area (Å²) >= 11 is 5.96. The third-order valence-corrected chi connectivity index (χ3v) is 7.17. The van der Waals surface area contributed by atoms with E-state index in [1.807, 2.05) is 60.5 Å². The molecule has 222 valence electrons. The number of nitrogens with one attached hydrogen (secondary N) is 1. The Morgan fingerprint density at radius 1 is 0.857 bits per heavy atom. The normalized spacial score (nSPS) is 10.9. The fraction of sp³-hybridized carbons (Fsp3) is 0.333. The SMILES string of the molecule is CCOc1ccc(CN(CCc2c[nH]c3ccccc23)C(=O)CN(CCCOC)C(=O)COc2ccc(Cl)cc2)cc1. The molecule has 0 spiro atoms. The molecule has 42 heavy (non-hydrogen) atoms. The van der Waals surface area contributed by atoms with Crippen molar-refractivity contribution in [3.05, 3.63) is 95.1 Å². The number of carbonyl (C=O) groups excluding carboxylic acids is 2. The number of para-hydroxylation sites is 1. The highest BCUT2D eigenvalue weighted by Gasteiger charge is 2.22. The van der Waals surface area contributed by atoms with Gasteiger partial charge in [-0.3, -0.25) is 9.59 Å². The Morgan fingerprint density at radius 2 is 1.57 bits per heavy atom. The number of fused-ring (bicyclic) bond motifs is 1. The summed E-state index contributed by atoms with van der Waals surface area (Å²) in [5.74, 6) is 0.910. The maximum absolute atomic E-state index is 13.8. The monoisotopic (exact) mass is 591 g/mol. The summed E-state index contributed by atoms with van der Waals surface area (Å²) in [6.45, 7) is 4.05. The van der Waals surface area contributed by atoms with Crippen molar-refractivity contribution in [3.63, 3.8) is 0 Å². The zero-order valence-corrected chi connectivity index (χ0v) is 24.9. The van der Waals surface area contributed by atoms with Crippen molar-refractivity contribution in [1.82, 2.24) is 14.8 Å². The number of rotatable bonds is 16. The number of H-pyrrole nitrogens is 1. The minimum absolute atomic E-state index is 0.0581. The lowest BCUT2D eigenvalue weighted by atomic mass is 10.1. The van der Waals surface area contributed by atoms with Crippen molar-refractivity contribution in [3.8, 4) is 11.5 Å². The van der Waals surface area contributed by atoms with E-state index in [2.05, 4.69) is 11.1 Å². The molecule has 0 fully saturated rings. The summed E-state index contributed by atoms with van der Waals surface area (Å²) in [7, 11) is 1.62. The quantitative estimate of drug-likeness (QED) is 0.168. The minimum Gasteiger partial charge on any atom is -0.494 e. The summed E-state index contributed by atoms with van der Waals surface area (Å²) in [5.41, 5.74) is 3.18. The average Bonchev–Trinajstić information content (AvgIpc) is 3.42. The van der Waals surface area contributed by atoms with Crippen molar-refractivity contribution >= 4 is 34.3 Å². The molecule has 4 aromatic rings. The van der Waals surface area contributed by atoms with Crippen molar-refractivity contribution in [2.75, 3.05) is 46.6 Å². The second-order valence-corrected chi connectivity index (χ2v) is 10.3. The van der Waals surface area contributed by atoms with E-state index in [9.17, 15) is 9.59 Å². The van der Waals surface area contributed by atoms with Gasteiger partial charge in [-0.1, -0.05) is 41.9 Å². The summed E-state index contributed by atoms with van der Waals surface area (Å²) in [6, 6.07) is 22.7. The molecule has 4 rings (SSSR count). The molecule has 0 radical (unpaired) electrons. The molecule has 0 aliphatic heterocycles. The number of benzene rings is 3. The first-order valence-corrected chi connectivity index (χ1v) is 14.5. The number of carbonyl (C=O) groups is 2. The summed E-state index contributed by atoms with van der Waals surface area (Å²) < 4.78 is 16.5. The van der Waals surface area contributed by atoms with Gasteiger partial charge in [0.1, 0.15) is 11.5 Å². The number of ether oxygens (including phenoxy) is 3. The molecule has 0 saturated carbocycles. The van der Waals surface area contributed by atoms with Crippen molar-refractivity contribution in [2.45, 2.75) is 26.3 Å². The smallest absolute Gasteiger partial charge is 0.260 e. The standard InChI is InChI=1S/C33H38ClN3O5/c1-3-41-28-13-9-25(10-14-28)22-37(19-17-26-21-35-31-8-5-4-7-30(26)31)32(38)23-36(18-6-20-40-2)33(39)24-42-29-15-11-27(34)12-16-29/h4-5,7-16,21,35H,3,6,17-20,22-24H2,1-2H3. The van der Waals surface area contributed by atoms with Crippen LogP contribution in [0.3, 0.4) is 0 Å². The van der Waals surface area contributed by atoms with Crippen LogP contribution >= 0.6 is 11.6 Å². The predicted molar refractivity (Wildman–Crippen MR) is 165 cm³/mol. The lowest BCUT2D eigenvalue weighted by Gasteiger charge is -2.28. The fourth-order valence-electron chi connectivity index (χ4n) is 4.69. The maximum atomic E-state index is 13.8. The first-order valence-electron chi connectivity index (χ1n) is 14.2. The van der Waals surface area contributed by atoms with Gasteiger partial charge < -0.3 is 29.0 Å². The Hall–Kier alpha value is -4.01. The Labute approximate surface area is 252 Å². The molecule has 0 unspecified atom stereocenters. The number of aromatic nitrogens is 1. The van der Waals surface area contributed by atoms with Gasteiger partial charge in [0.2, 0.25) is 5.91 Å². The van der Waals surface area contributed by atoms with E-state index in [-0.39, 0.29) is 25.0 Å². The molecule has 9 heteroatoms. The van der Waals surface area contributed by atoms with Crippen molar-refractivity contribution in [2.24, 2.45) is 0 Å². The topological polar surface area (TPSA) is 84.1 Å². The predicted octanol–water partition coefficient (Wildman–Crippen LogP) is 5.74. The Kier molecular flexibility index (Phi) is 11.7. The van der Waals surface area contributed by atoms with Crippen LogP contribution < -0.4 is 9.47 Å². The first-order chi connectivity index (χ1) is 20.5. The Bertz CT molecular complexity index is 1420. The van der Waals surface area contributed by atoms with Crippen LogP contribution in [0.1, 0.15) is 24.5 Å². The molecule has 0 bridgehead atoms. The Morgan fingerprint density at radius 3 is 2.31 bits per heavy atom. The summed E-state index contributed by atoms with van der Waals surface area (Å²) in [5, 5.41) is 1.72. The maximum Gasteiger partial charge on any atom is 0.260 e. The molecule has 1 heterocycles. The van der Waals surface area contributed by atoms with E-state index in [0.717, 1.165) is 27.8 Å². The van der Waals surface area contributed by atoms with E-state index in [1.54, 1.807) is 36.3 Å². The van der Waals surface area contributed by atoms with Crippen molar-refractivity contribution < 1.29 is 23.8 Å². The molecule has 1 aromatic heterocycles. The number of hydrogen-bond donors (Lipinski definition) is 1. The molecule has 8 nitrogen and oxygen atoms in total. The zero-order chi connectivity index (χ0) is 29.7. The van der Waals surface area contributed by atoms with Crippen LogP contribution in [0.4, 0.5) is 0 Å². The number of hydrogen-bond acceptors (Lipinski definition) is 5. The number of amides is 2. The highest BCUT2D eigenvalue weighted by Crippen LogP contribution is 2.20. The van der Waals surface area contributed by atoms with Gasteiger partial charge >= 0.3 is 0 Å². The van der Waals surface area contributed by atoms with Crippen molar-refractivity contribution in [1.29, 1.82) is 0 Å². The van der Waals surface area contributed by atoms with Gasteiger partial charge in [-0.2, -0.15) is 0 Å². The first kappa shape index (κ1) is 30.9. The van der Waals surface area contributed by atoms with Gasteiger partial charge in [0.15, 0.2) is 6.61 Å². The van der Waals surface area contributed by atoms with Crippen LogP contribution in [0.15, 0.2) is 79.0 Å². The highest BCUT2D eigenvalue weighted by atomic mass is 35.5. The van der Waals surface area contributed by atoms with Gasteiger partial charge in [0.25, 0.3) is 5.91 Å². The van der Waals surface area contributed by atoms with E-state index in [0.29, 0.717) is 56.5 Å². The molecule has 2 amide bonds. The van der Waals surface area contributed by atoms with E-state index < -0.39 is 0 Å². The molecule has 0 aliphatic rings. The number of aromatic amines is 1. The third-order valence-electron chi connectivity index (χ3n) is 6.92. The lowest BCUT2D eigenvalue weighted by Crippen LogP contribution is -2.45. The zero-order valence-electron chi connectivity index (χ0n) is 24.2. The molecule has 0 saturated heterocycles. The Balaban J connectivity index is 1.48.